The maximum Gasteiger partial charge on any atom is 0.273 e. The Morgan fingerprint density at radius 2 is 1.93 bits per heavy atom. The summed E-state index contributed by atoms with van der Waals surface area (Å²) in [7, 11) is 0. The van der Waals surface area contributed by atoms with Gasteiger partial charge in [-0.3, -0.25) is 14.9 Å². The zero-order chi connectivity index (χ0) is 21.7. The van der Waals surface area contributed by atoms with Crippen molar-refractivity contribution >= 4 is 17.7 Å². The van der Waals surface area contributed by atoms with E-state index in [4.69, 9.17) is 4.42 Å². The number of nitrogens with zero attached hydrogens (tertiary/aromatic N) is 2. The van der Waals surface area contributed by atoms with Gasteiger partial charge in [-0.25, -0.2) is 0 Å². The fourth-order valence-electron chi connectivity index (χ4n) is 2.94. The quantitative estimate of drug-likeness (QED) is 0.272. The van der Waals surface area contributed by atoms with E-state index < -0.39 is 10.8 Å². The fourth-order valence-corrected chi connectivity index (χ4v) is 2.94. The van der Waals surface area contributed by atoms with Gasteiger partial charge in [0.05, 0.1) is 11.0 Å². The number of rotatable bonds is 6. The van der Waals surface area contributed by atoms with Crippen LogP contribution >= 0.6 is 0 Å². The molecule has 7 heteroatoms. The lowest BCUT2D eigenvalue weighted by Crippen LogP contribution is -2.27. The van der Waals surface area contributed by atoms with Crippen molar-refractivity contribution < 1.29 is 14.1 Å². The lowest BCUT2D eigenvalue weighted by atomic mass is 10.1. The highest BCUT2D eigenvalue weighted by molar-refractivity contribution is 6.01. The molecule has 0 spiro atoms. The van der Waals surface area contributed by atoms with E-state index in [2.05, 4.69) is 5.32 Å². The van der Waals surface area contributed by atoms with E-state index in [0.29, 0.717) is 22.6 Å². The van der Waals surface area contributed by atoms with E-state index in [1.54, 1.807) is 31.2 Å². The number of nitriles is 1. The predicted octanol–water partition coefficient (Wildman–Crippen LogP) is 4.95. The molecule has 3 aromatic rings. The number of amides is 1. The second kappa shape index (κ2) is 8.88. The van der Waals surface area contributed by atoms with Crippen molar-refractivity contribution in [1.29, 1.82) is 5.26 Å². The van der Waals surface area contributed by atoms with Crippen LogP contribution in [0.3, 0.4) is 0 Å². The second-order valence-corrected chi connectivity index (χ2v) is 6.74. The van der Waals surface area contributed by atoms with Gasteiger partial charge in [-0.1, -0.05) is 42.5 Å². The zero-order valence-electron chi connectivity index (χ0n) is 16.5. The van der Waals surface area contributed by atoms with Crippen molar-refractivity contribution in [3.63, 3.8) is 0 Å². The van der Waals surface area contributed by atoms with Crippen molar-refractivity contribution in [2.24, 2.45) is 0 Å². The van der Waals surface area contributed by atoms with E-state index in [9.17, 15) is 20.2 Å². The Kier molecular flexibility index (Phi) is 6.08. The molecule has 1 heterocycles. The standard InChI is InChI=1S/C23H19N3O4/c1-15-8-9-18(13-21(15)26(28)29)22-11-10-20(30-22)12-19(14-24)23(27)25-16(2)17-6-4-3-5-7-17/h3-13,16H,1-2H3,(H,25,27)/b19-12-/t16-/m0/s1. The minimum Gasteiger partial charge on any atom is -0.457 e. The maximum absolute atomic E-state index is 12.5. The summed E-state index contributed by atoms with van der Waals surface area (Å²) in [4.78, 5) is 23.2. The number of hydrogen-bond donors (Lipinski definition) is 1. The van der Waals surface area contributed by atoms with E-state index in [0.717, 1.165) is 5.56 Å². The van der Waals surface area contributed by atoms with Gasteiger partial charge in [-0.05, 0) is 31.5 Å². The number of aryl methyl sites for hydroxylation is 1. The smallest absolute Gasteiger partial charge is 0.273 e. The van der Waals surface area contributed by atoms with Gasteiger partial charge in [0, 0.05) is 23.3 Å². The molecule has 7 nitrogen and oxygen atoms in total. The number of carbonyl (C=O) groups is 1. The molecule has 150 valence electrons. The molecule has 0 aliphatic carbocycles. The molecular formula is C23H19N3O4. The Morgan fingerprint density at radius 3 is 2.60 bits per heavy atom. The minimum absolute atomic E-state index is 0.00650. The highest BCUT2D eigenvalue weighted by Gasteiger charge is 2.16. The van der Waals surface area contributed by atoms with E-state index in [1.165, 1.54) is 12.1 Å². The van der Waals surface area contributed by atoms with Crippen LogP contribution in [0, 0.1) is 28.4 Å². The van der Waals surface area contributed by atoms with Gasteiger partial charge in [0.25, 0.3) is 11.6 Å². The summed E-state index contributed by atoms with van der Waals surface area (Å²) >= 11 is 0. The monoisotopic (exact) mass is 401 g/mol. The molecule has 1 aromatic heterocycles. The van der Waals surface area contributed by atoms with Crippen molar-refractivity contribution in [3.05, 3.63) is 93.2 Å². The number of furan rings is 1. The summed E-state index contributed by atoms with van der Waals surface area (Å²) in [6.07, 6.45) is 1.35. The topological polar surface area (TPSA) is 109 Å². The SMILES string of the molecule is Cc1ccc(-c2ccc(/C=C(/C#N)C(=O)N[C@@H](C)c3ccccc3)o2)cc1[N+](=O)[O-]. The van der Waals surface area contributed by atoms with Crippen LogP contribution in [-0.2, 0) is 4.79 Å². The summed E-state index contributed by atoms with van der Waals surface area (Å²) in [5, 5.41) is 23.3. The van der Waals surface area contributed by atoms with E-state index in [-0.39, 0.29) is 17.3 Å². The van der Waals surface area contributed by atoms with Gasteiger partial charge in [0.15, 0.2) is 0 Å². The van der Waals surface area contributed by atoms with Crippen molar-refractivity contribution in [2.45, 2.75) is 19.9 Å². The molecule has 0 radical (unpaired) electrons. The molecule has 0 bridgehead atoms. The van der Waals surface area contributed by atoms with Crippen LogP contribution in [0.2, 0.25) is 0 Å². The van der Waals surface area contributed by atoms with Gasteiger partial charge in [0.2, 0.25) is 0 Å². The van der Waals surface area contributed by atoms with Crippen molar-refractivity contribution in [3.8, 4) is 17.4 Å². The summed E-state index contributed by atoms with van der Waals surface area (Å²) in [6.45, 7) is 3.49. The Bertz CT molecular complexity index is 1160. The molecule has 0 unspecified atom stereocenters. The Balaban J connectivity index is 1.80. The average Bonchev–Trinajstić information content (AvgIpc) is 3.21. The number of nitro groups is 1. The fraction of sp³-hybridized carbons (Fsp3) is 0.130. The van der Waals surface area contributed by atoms with Crippen LogP contribution in [0.15, 0.2) is 70.7 Å². The van der Waals surface area contributed by atoms with Crippen LogP contribution in [0.1, 0.15) is 29.9 Å². The third-order valence-corrected chi connectivity index (χ3v) is 4.62. The molecule has 3 rings (SSSR count). The predicted molar refractivity (Wildman–Crippen MR) is 112 cm³/mol. The third kappa shape index (κ3) is 4.62. The summed E-state index contributed by atoms with van der Waals surface area (Å²) < 4.78 is 5.69. The van der Waals surface area contributed by atoms with Gasteiger partial charge < -0.3 is 9.73 Å². The van der Waals surface area contributed by atoms with Crippen LogP contribution < -0.4 is 5.32 Å². The molecule has 0 saturated carbocycles. The number of benzene rings is 2. The normalized spacial score (nSPS) is 12.1. The Labute approximate surface area is 173 Å². The zero-order valence-corrected chi connectivity index (χ0v) is 16.5. The minimum atomic E-state index is -0.516. The molecule has 0 saturated heterocycles. The highest BCUT2D eigenvalue weighted by Crippen LogP contribution is 2.28. The first-order chi connectivity index (χ1) is 14.4. The van der Waals surface area contributed by atoms with Crippen LogP contribution in [0.25, 0.3) is 17.4 Å². The first-order valence-corrected chi connectivity index (χ1v) is 9.22. The molecular weight excluding hydrogens is 382 g/mol. The van der Waals surface area contributed by atoms with Crippen LogP contribution in [0.4, 0.5) is 5.69 Å². The molecule has 1 atom stereocenters. The summed E-state index contributed by atoms with van der Waals surface area (Å²) in [6, 6.07) is 19.1. The van der Waals surface area contributed by atoms with Gasteiger partial charge in [0.1, 0.15) is 23.2 Å². The summed E-state index contributed by atoms with van der Waals surface area (Å²) in [5.74, 6) is 0.185. The lowest BCUT2D eigenvalue weighted by molar-refractivity contribution is -0.385. The first-order valence-electron chi connectivity index (χ1n) is 9.22. The van der Waals surface area contributed by atoms with E-state index >= 15 is 0 Å². The molecule has 0 aliphatic rings. The van der Waals surface area contributed by atoms with Crippen molar-refractivity contribution in [2.75, 3.05) is 0 Å². The van der Waals surface area contributed by atoms with Crippen LogP contribution in [0.5, 0.6) is 0 Å². The van der Waals surface area contributed by atoms with Gasteiger partial charge in [-0.15, -0.1) is 0 Å². The van der Waals surface area contributed by atoms with Gasteiger partial charge in [-0.2, -0.15) is 5.26 Å². The van der Waals surface area contributed by atoms with Crippen LogP contribution in [-0.4, -0.2) is 10.8 Å². The average molecular weight is 401 g/mol. The molecule has 0 fully saturated rings. The molecule has 2 aromatic carbocycles. The Hall–Kier alpha value is -4.18. The molecule has 1 N–H and O–H groups in total. The number of nitro benzene ring substituents is 1. The first kappa shape index (κ1) is 20.6. The number of nitrogens with one attached hydrogen (secondary N) is 1. The number of hydrogen-bond acceptors (Lipinski definition) is 5. The molecule has 1 amide bonds. The van der Waals surface area contributed by atoms with Gasteiger partial charge >= 0.3 is 0 Å². The molecule has 30 heavy (non-hydrogen) atoms. The second-order valence-electron chi connectivity index (χ2n) is 6.74. The third-order valence-electron chi connectivity index (χ3n) is 4.62. The Morgan fingerprint density at radius 1 is 1.20 bits per heavy atom. The largest absolute Gasteiger partial charge is 0.457 e. The molecule has 0 aliphatic heterocycles. The summed E-state index contributed by atoms with van der Waals surface area (Å²) in [5.41, 5.74) is 1.89. The highest BCUT2D eigenvalue weighted by atomic mass is 16.6. The van der Waals surface area contributed by atoms with Crippen molar-refractivity contribution in [1.82, 2.24) is 5.32 Å². The number of carbonyl (C=O) groups excluding carboxylic acids is 1. The maximum atomic E-state index is 12.5. The lowest BCUT2D eigenvalue weighted by Gasteiger charge is -2.13. The van der Waals surface area contributed by atoms with E-state index in [1.807, 2.05) is 43.3 Å².